The molecular formula is C25H19ClFN5O. The number of carbonyl (C=O) groups is 1. The van der Waals surface area contributed by atoms with Crippen molar-refractivity contribution in [3.63, 3.8) is 0 Å². The van der Waals surface area contributed by atoms with E-state index in [2.05, 4.69) is 10.4 Å². The number of benzene rings is 3. The van der Waals surface area contributed by atoms with Crippen molar-refractivity contribution in [2.75, 3.05) is 5.32 Å². The maximum absolute atomic E-state index is 14.5. The lowest BCUT2D eigenvalue weighted by atomic mass is 10.2. The van der Waals surface area contributed by atoms with Crippen LogP contribution in [0.5, 0.6) is 0 Å². The average Bonchev–Trinajstić information content (AvgIpc) is 3.35. The topological polar surface area (TPSA) is 64.7 Å². The van der Waals surface area contributed by atoms with Gasteiger partial charge in [0, 0.05) is 11.6 Å². The molecule has 0 radical (unpaired) electrons. The number of para-hydroxylation sites is 2. The Morgan fingerprint density at radius 1 is 1.03 bits per heavy atom. The van der Waals surface area contributed by atoms with Gasteiger partial charge in [0.2, 0.25) is 5.95 Å². The normalized spacial score (nSPS) is 11.1. The van der Waals surface area contributed by atoms with Crippen LogP contribution in [0.15, 0.2) is 78.9 Å². The monoisotopic (exact) mass is 459 g/mol. The largest absolute Gasteiger partial charge is 0.306 e. The Morgan fingerprint density at radius 3 is 2.58 bits per heavy atom. The maximum atomic E-state index is 14.5. The Bertz CT molecular complexity index is 1490. The average molecular weight is 460 g/mol. The van der Waals surface area contributed by atoms with Crippen molar-refractivity contribution in [1.82, 2.24) is 19.3 Å². The van der Waals surface area contributed by atoms with Crippen molar-refractivity contribution in [2.45, 2.75) is 13.5 Å². The van der Waals surface area contributed by atoms with Crippen LogP contribution >= 0.6 is 11.6 Å². The van der Waals surface area contributed by atoms with Gasteiger partial charge in [0.15, 0.2) is 0 Å². The predicted molar refractivity (Wildman–Crippen MR) is 126 cm³/mol. The molecule has 8 heteroatoms. The molecule has 6 nitrogen and oxygen atoms in total. The maximum Gasteiger partial charge on any atom is 0.258 e. The summed E-state index contributed by atoms with van der Waals surface area (Å²) in [6.45, 7) is 2.07. The first-order chi connectivity index (χ1) is 16.0. The van der Waals surface area contributed by atoms with Gasteiger partial charge in [0.1, 0.15) is 11.6 Å². The third kappa shape index (κ3) is 3.99. The van der Waals surface area contributed by atoms with Crippen molar-refractivity contribution in [2.24, 2.45) is 0 Å². The molecule has 5 rings (SSSR count). The number of anilines is 1. The third-order valence-corrected chi connectivity index (χ3v) is 5.63. The Kier molecular flexibility index (Phi) is 5.40. The first kappa shape index (κ1) is 20.9. The number of fused-ring (bicyclic) bond motifs is 1. The van der Waals surface area contributed by atoms with Crippen LogP contribution in [0.25, 0.3) is 17.0 Å². The molecule has 33 heavy (non-hydrogen) atoms. The van der Waals surface area contributed by atoms with E-state index in [1.165, 1.54) is 6.07 Å². The Balaban J connectivity index is 1.61. The van der Waals surface area contributed by atoms with Gasteiger partial charge in [-0.25, -0.2) is 9.37 Å². The lowest BCUT2D eigenvalue weighted by Crippen LogP contribution is -2.18. The second kappa shape index (κ2) is 8.52. The number of halogens is 2. The number of amides is 1. The molecule has 0 aliphatic rings. The lowest BCUT2D eigenvalue weighted by Gasteiger charge is -2.13. The Morgan fingerprint density at radius 2 is 1.76 bits per heavy atom. The van der Waals surface area contributed by atoms with E-state index < -0.39 is 0 Å². The molecule has 5 aromatic rings. The first-order valence-electron chi connectivity index (χ1n) is 10.3. The minimum Gasteiger partial charge on any atom is -0.306 e. The molecule has 0 unspecified atom stereocenters. The van der Waals surface area contributed by atoms with Gasteiger partial charge in [-0.1, -0.05) is 54.1 Å². The Hall–Kier alpha value is -3.97. The number of nitrogens with zero attached hydrogens (tertiary/aromatic N) is 4. The summed E-state index contributed by atoms with van der Waals surface area (Å²) in [7, 11) is 0. The van der Waals surface area contributed by atoms with E-state index in [9.17, 15) is 9.18 Å². The van der Waals surface area contributed by atoms with E-state index >= 15 is 0 Å². The molecule has 1 N–H and O–H groups in total. The molecule has 0 spiro atoms. The van der Waals surface area contributed by atoms with Crippen molar-refractivity contribution in [3.8, 4) is 5.95 Å². The minimum absolute atomic E-state index is 0.249. The Labute approximate surface area is 194 Å². The zero-order chi connectivity index (χ0) is 22.9. The van der Waals surface area contributed by atoms with E-state index in [1.54, 1.807) is 53.2 Å². The van der Waals surface area contributed by atoms with Crippen LogP contribution in [0.1, 0.15) is 21.6 Å². The second-order valence-corrected chi connectivity index (χ2v) is 8.00. The highest BCUT2D eigenvalue weighted by atomic mass is 35.5. The SMILES string of the molecule is Cc1cc(NC(=O)c2ccccc2Cl)n(-c2nc3ccccc3n2Cc2ccccc2F)n1. The van der Waals surface area contributed by atoms with Crippen LogP contribution in [0.2, 0.25) is 5.02 Å². The standard InChI is InChI=1S/C25H19ClFN5O/c1-16-14-23(29-24(33)18-9-3-4-10-19(18)26)32(30-16)25-28-21-12-6-7-13-22(21)31(25)15-17-8-2-5-11-20(17)27/h2-14H,15H2,1H3,(H,29,33). The zero-order valence-corrected chi connectivity index (χ0v) is 18.4. The summed E-state index contributed by atoms with van der Waals surface area (Å²) in [5.41, 5.74) is 3.12. The van der Waals surface area contributed by atoms with E-state index in [-0.39, 0.29) is 18.3 Å². The molecule has 3 aromatic carbocycles. The molecule has 0 aliphatic heterocycles. The number of carbonyl (C=O) groups excluding carboxylic acids is 1. The number of aromatic nitrogens is 4. The highest BCUT2D eigenvalue weighted by molar-refractivity contribution is 6.34. The quantitative estimate of drug-likeness (QED) is 0.371. The molecule has 164 valence electrons. The molecule has 0 fully saturated rings. The number of imidazole rings is 1. The van der Waals surface area contributed by atoms with Crippen molar-refractivity contribution in [3.05, 3.63) is 107 Å². The minimum atomic E-state index is -0.362. The summed E-state index contributed by atoms with van der Waals surface area (Å²) in [5, 5.41) is 7.80. The van der Waals surface area contributed by atoms with Gasteiger partial charge < -0.3 is 9.88 Å². The number of nitrogens with one attached hydrogen (secondary N) is 1. The van der Waals surface area contributed by atoms with E-state index in [0.717, 1.165) is 11.0 Å². The number of aryl methyl sites for hydroxylation is 1. The fourth-order valence-electron chi connectivity index (χ4n) is 3.75. The van der Waals surface area contributed by atoms with E-state index in [0.29, 0.717) is 33.6 Å². The smallest absolute Gasteiger partial charge is 0.258 e. The number of rotatable bonds is 5. The van der Waals surface area contributed by atoms with Gasteiger partial charge in [-0.15, -0.1) is 0 Å². The summed E-state index contributed by atoms with van der Waals surface area (Å²) < 4.78 is 17.9. The summed E-state index contributed by atoms with van der Waals surface area (Å²) in [6.07, 6.45) is 0. The molecule has 2 heterocycles. The molecular weight excluding hydrogens is 441 g/mol. The van der Waals surface area contributed by atoms with Gasteiger partial charge in [0.05, 0.1) is 33.9 Å². The van der Waals surface area contributed by atoms with Gasteiger partial charge in [0.25, 0.3) is 5.91 Å². The fourth-order valence-corrected chi connectivity index (χ4v) is 3.97. The van der Waals surface area contributed by atoms with Crippen LogP contribution in [0.4, 0.5) is 10.2 Å². The van der Waals surface area contributed by atoms with Gasteiger partial charge >= 0.3 is 0 Å². The van der Waals surface area contributed by atoms with Gasteiger partial charge in [-0.2, -0.15) is 9.78 Å². The lowest BCUT2D eigenvalue weighted by molar-refractivity contribution is 0.102. The first-order valence-corrected chi connectivity index (χ1v) is 10.7. The second-order valence-electron chi connectivity index (χ2n) is 7.59. The van der Waals surface area contributed by atoms with Crippen LogP contribution in [0.3, 0.4) is 0 Å². The molecule has 1 amide bonds. The molecule has 0 saturated carbocycles. The van der Waals surface area contributed by atoms with Crippen molar-refractivity contribution < 1.29 is 9.18 Å². The fraction of sp³-hybridized carbons (Fsp3) is 0.0800. The van der Waals surface area contributed by atoms with E-state index in [1.807, 2.05) is 35.8 Å². The highest BCUT2D eigenvalue weighted by Gasteiger charge is 2.20. The summed E-state index contributed by atoms with van der Waals surface area (Å²) in [4.78, 5) is 17.7. The summed E-state index contributed by atoms with van der Waals surface area (Å²) >= 11 is 6.20. The van der Waals surface area contributed by atoms with Gasteiger partial charge in [-0.3, -0.25) is 4.79 Å². The van der Waals surface area contributed by atoms with Crippen LogP contribution < -0.4 is 5.32 Å². The van der Waals surface area contributed by atoms with Crippen LogP contribution in [-0.2, 0) is 6.54 Å². The highest BCUT2D eigenvalue weighted by Crippen LogP contribution is 2.25. The number of hydrogen-bond acceptors (Lipinski definition) is 3. The van der Waals surface area contributed by atoms with Crippen LogP contribution in [0, 0.1) is 12.7 Å². The van der Waals surface area contributed by atoms with Crippen molar-refractivity contribution in [1.29, 1.82) is 0 Å². The predicted octanol–water partition coefficient (Wildman–Crippen LogP) is 5.62. The van der Waals surface area contributed by atoms with E-state index in [4.69, 9.17) is 16.6 Å². The summed E-state index contributed by atoms with van der Waals surface area (Å²) in [6, 6.07) is 22.8. The molecule has 0 atom stereocenters. The summed E-state index contributed by atoms with van der Waals surface area (Å²) in [5.74, 6) is 0.230. The molecule has 0 aliphatic carbocycles. The molecule has 0 bridgehead atoms. The molecule has 0 saturated heterocycles. The molecule has 2 aromatic heterocycles. The third-order valence-electron chi connectivity index (χ3n) is 5.30. The van der Waals surface area contributed by atoms with Crippen molar-refractivity contribution >= 4 is 34.4 Å². The van der Waals surface area contributed by atoms with Gasteiger partial charge in [-0.05, 0) is 37.3 Å². The van der Waals surface area contributed by atoms with Crippen LogP contribution in [-0.4, -0.2) is 25.2 Å². The number of hydrogen-bond donors (Lipinski definition) is 1. The zero-order valence-electron chi connectivity index (χ0n) is 17.7.